The second-order valence-electron chi connectivity index (χ2n) is 8.32. The molecule has 0 spiro atoms. The van der Waals surface area contributed by atoms with Crippen LogP contribution in [0.2, 0.25) is 0 Å². The molecule has 1 aliphatic heterocycles. The zero-order valence-corrected chi connectivity index (χ0v) is 21.5. The minimum absolute atomic E-state index is 0.0301. The average molecular weight is 507 g/mol. The highest BCUT2D eigenvalue weighted by Gasteiger charge is 2.30. The summed E-state index contributed by atoms with van der Waals surface area (Å²) in [7, 11) is 4.82. The topological polar surface area (TPSA) is 77.1 Å². The van der Waals surface area contributed by atoms with Crippen molar-refractivity contribution >= 4 is 29.3 Å². The van der Waals surface area contributed by atoms with Crippen molar-refractivity contribution in [3.63, 3.8) is 0 Å². The monoisotopic (exact) mass is 506 g/mol. The van der Waals surface area contributed by atoms with E-state index in [0.717, 1.165) is 27.5 Å². The first-order valence-corrected chi connectivity index (χ1v) is 12.6. The quantitative estimate of drug-likeness (QED) is 0.456. The Bertz CT molecular complexity index is 1210. The number of carbonyl (C=O) groups is 2. The fraction of sp³-hybridized carbons (Fsp3) is 0.286. The van der Waals surface area contributed by atoms with Crippen LogP contribution in [0, 0.1) is 0 Å². The largest absolute Gasteiger partial charge is 0.497 e. The van der Waals surface area contributed by atoms with Crippen LogP contribution in [0.1, 0.15) is 22.8 Å². The van der Waals surface area contributed by atoms with Crippen LogP contribution in [-0.2, 0) is 16.0 Å². The molecule has 3 aromatic rings. The summed E-state index contributed by atoms with van der Waals surface area (Å²) in [4.78, 5) is 28.7. The van der Waals surface area contributed by atoms with Gasteiger partial charge in [-0.05, 0) is 53.9 Å². The molecule has 1 N–H and O–H groups in total. The fourth-order valence-electron chi connectivity index (χ4n) is 4.14. The van der Waals surface area contributed by atoms with E-state index in [0.29, 0.717) is 30.9 Å². The number of nitrogens with one attached hydrogen (secondary N) is 1. The normalized spacial score (nSPS) is 15.0. The lowest BCUT2D eigenvalue weighted by Gasteiger charge is -2.22. The highest BCUT2D eigenvalue weighted by atomic mass is 32.2. The summed E-state index contributed by atoms with van der Waals surface area (Å²) in [6.07, 6.45) is 0.927. The first kappa shape index (κ1) is 25.4. The number of benzene rings is 3. The van der Waals surface area contributed by atoms with Gasteiger partial charge in [-0.1, -0.05) is 30.3 Å². The Hall–Kier alpha value is -3.65. The predicted octanol–water partition coefficient (Wildman–Crippen LogP) is 4.64. The summed E-state index contributed by atoms with van der Waals surface area (Å²) >= 11 is 1.64. The van der Waals surface area contributed by atoms with Crippen LogP contribution in [0.15, 0.2) is 71.6 Å². The van der Waals surface area contributed by atoms with E-state index in [4.69, 9.17) is 14.2 Å². The third-order valence-corrected chi connectivity index (χ3v) is 7.38. The standard InChI is InChI=1S/C28H30N2O5S/c1-33-21-11-9-20(10-12-21)26-17-28(32)30(22-6-4-5-7-25(22)36-26)18-27(31)29-15-14-19-8-13-23(34-2)24(16-19)35-3/h4-13,16,26H,14-15,17-18H2,1-3H3,(H,29,31)/t26-/m0/s1. The number of rotatable bonds is 9. The number of methoxy groups -OCH3 is 3. The number of amides is 2. The molecule has 188 valence electrons. The molecule has 0 saturated carbocycles. The Morgan fingerprint density at radius 2 is 1.72 bits per heavy atom. The minimum Gasteiger partial charge on any atom is -0.497 e. The summed E-state index contributed by atoms with van der Waals surface area (Å²) in [6.45, 7) is 0.416. The SMILES string of the molecule is COc1ccc([C@@H]2CC(=O)N(CC(=O)NCCc3ccc(OC)c(OC)c3)c3ccccc3S2)cc1. The number of anilines is 1. The zero-order valence-electron chi connectivity index (χ0n) is 20.7. The van der Waals surface area contributed by atoms with E-state index < -0.39 is 0 Å². The Kier molecular flexibility index (Phi) is 8.38. The summed E-state index contributed by atoms with van der Waals surface area (Å²) in [5, 5.41) is 2.89. The van der Waals surface area contributed by atoms with Crippen LogP contribution in [0.3, 0.4) is 0 Å². The van der Waals surface area contributed by atoms with Gasteiger partial charge in [0.05, 0.1) is 27.0 Å². The molecule has 3 aromatic carbocycles. The molecule has 0 unspecified atom stereocenters. The van der Waals surface area contributed by atoms with Crippen molar-refractivity contribution in [3.8, 4) is 17.2 Å². The van der Waals surface area contributed by atoms with E-state index >= 15 is 0 Å². The van der Waals surface area contributed by atoms with E-state index in [1.54, 1.807) is 38.0 Å². The number of carbonyl (C=O) groups excluding carboxylic acids is 2. The van der Waals surface area contributed by atoms with Gasteiger partial charge in [0.25, 0.3) is 0 Å². The summed E-state index contributed by atoms with van der Waals surface area (Å²) in [5.41, 5.74) is 2.83. The molecule has 4 rings (SSSR count). The van der Waals surface area contributed by atoms with Crippen LogP contribution < -0.4 is 24.4 Å². The summed E-state index contributed by atoms with van der Waals surface area (Å²) in [6, 6.07) is 21.2. The Morgan fingerprint density at radius 3 is 2.44 bits per heavy atom. The highest BCUT2D eigenvalue weighted by Crippen LogP contribution is 2.45. The van der Waals surface area contributed by atoms with E-state index in [1.165, 1.54) is 0 Å². The molecule has 7 nitrogen and oxygen atoms in total. The minimum atomic E-state index is -0.202. The third kappa shape index (κ3) is 5.94. The van der Waals surface area contributed by atoms with E-state index in [2.05, 4.69) is 5.32 Å². The van der Waals surface area contributed by atoms with Gasteiger partial charge in [-0.15, -0.1) is 11.8 Å². The van der Waals surface area contributed by atoms with Crippen molar-refractivity contribution in [2.24, 2.45) is 0 Å². The molecule has 0 fully saturated rings. The maximum absolute atomic E-state index is 13.3. The van der Waals surface area contributed by atoms with Crippen molar-refractivity contribution in [2.45, 2.75) is 23.0 Å². The zero-order chi connectivity index (χ0) is 25.5. The van der Waals surface area contributed by atoms with Gasteiger partial charge in [0.15, 0.2) is 11.5 Å². The van der Waals surface area contributed by atoms with Crippen molar-refractivity contribution in [2.75, 3.05) is 39.3 Å². The number of para-hydroxylation sites is 1. The second kappa shape index (κ2) is 11.9. The lowest BCUT2D eigenvalue weighted by Crippen LogP contribution is -2.41. The van der Waals surface area contributed by atoms with Gasteiger partial charge in [-0.2, -0.15) is 0 Å². The molecule has 1 heterocycles. The van der Waals surface area contributed by atoms with Crippen LogP contribution in [0.4, 0.5) is 5.69 Å². The van der Waals surface area contributed by atoms with E-state index in [-0.39, 0.29) is 23.6 Å². The van der Waals surface area contributed by atoms with Gasteiger partial charge >= 0.3 is 0 Å². The van der Waals surface area contributed by atoms with Crippen molar-refractivity contribution < 1.29 is 23.8 Å². The molecule has 36 heavy (non-hydrogen) atoms. The average Bonchev–Trinajstić information content (AvgIpc) is 3.04. The van der Waals surface area contributed by atoms with Gasteiger partial charge in [0, 0.05) is 23.1 Å². The molecule has 1 atom stereocenters. The van der Waals surface area contributed by atoms with E-state index in [9.17, 15) is 9.59 Å². The van der Waals surface area contributed by atoms with Crippen molar-refractivity contribution in [1.29, 1.82) is 0 Å². The molecular formula is C28H30N2O5S. The number of nitrogens with zero attached hydrogens (tertiary/aromatic N) is 1. The van der Waals surface area contributed by atoms with Crippen LogP contribution in [0.25, 0.3) is 0 Å². The summed E-state index contributed by atoms with van der Waals surface area (Å²) in [5.74, 6) is 1.80. The number of hydrogen-bond acceptors (Lipinski definition) is 6. The van der Waals surface area contributed by atoms with Gasteiger partial charge < -0.3 is 24.4 Å². The molecule has 0 radical (unpaired) electrons. The maximum Gasteiger partial charge on any atom is 0.240 e. The van der Waals surface area contributed by atoms with E-state index in [1.807, 2.05) is 66.7 Å². The number of fused-ring (bicyclic) bond motifs is 1. The van der Waals surface area contributed by atoms with Crippen molar-refractivity contribution in [3.05, 3.63) is 77.9 Å². The lowest BCUT2D eigenvalue weighted by molar-refractivity contribution is -0.123. The molecule has 8 heteroatoms. The first-order chi connectivity index (χ1) is 17.5. The highest BCUT2D eigenvalue weighted by molar-refractivity contribution is 7.99. The van der Waals surface area contributed by atoms with Crippen molar-refractivity contribution in [1.82, 2.24) is 5.32 Å². The van der Waals surface area contributed by atoms with Gasteiger partial charge in [-0.25, -0.2) is 0 Å². The molecule has 0 bridgehead atoms. The third-order valence-electron chi connectivity index (χ3n) is 6.06. The smallest absolute Gasteiger partial charge is 0.240 e. The fourth-order valence-corrected chi connectivity index (χ4v) is 5.42. The second-order valence-corrected chi connectivity index (χ2v) is 9.57. The predicted molar refractivity (Wildman–Crippen MR) is 141 cm³/mol. The molecule has 1 aliphatic rings. The molecule has 0 aromatic heterocycles. The molecule has 0 saturated heterocycles. The molecule has 2 amide bonds. The Balaban J connectivity index is 1.42. The Labute approximate surface area is 215 Å². The van der Waals surface area contributed by atoms with Gasteiger partial charge in [0.2, 0.25) is 11.8 Å². The number of ether oxygens (including phenoxy) is 3. The first-order valence-electron chi connectivity index (χ1n) is 11.7. The lowest BCUT2D eigenvalue weighted by atomic mass is 10.1. The van der Waals surface area contributed by atoms with Gasteiger partial charge in [-0.3, -0.25) is 9.59 Å². The molecule has 0 aliphatic carbocycles. The van der Waals surface area contributed by atoms with Crippen LogP contribution in [0.5, 0.6) is 17.2 Å². The van der Waals surface area contributed by atoms with Crippen LogP contribution in [-0.4, -0.2) is 46.2 Å². The van der Waals surface area contributed by atoms with Gasteiger partial charge in [0.1, 0.15) is 12.3 Å². The summed E-state index contributed by atoms with van der Waals surface area (Å²) < 4.78 is 15.9. The van der Waals surface area contributed by atoms with Crippen LogP contribution >= 0.6 is 11.8 Å². The molecular weight excluding hydrogens is 476 g/mol. The number of hydrogen-bond donors (Lipinski definition) is 1. The Morgan fingerprint density at radius 1 is 0.972 bits per heavy atom. The maximum atomic E-state index is 13.3. The number of thioether (sulfide) groups is 1.